The predicted octanol–water partition coefficient (Wildman–Crippen LogP) is 5.04. The Balaban J connectivity index is 0.000000956. The summed E-state index contributed by atoms with van der Waals surface area (Å²) in [6.45, 7) is 4.00. The summed E-state index contributed by atoms with van der Waals surface area (Å²) in [7, 11) is 0. The number of nitrogens with one attached hydrogen (secondary N) is 1. The van der Waals surface area contributed by atoms with Crippen molar-refractivity contribution >= 4 is 56.0 Å². The second kappa shape index (κ2) is 8.19. The molecule has 2 aromatic rings. The van der Waals surface area contributed by atoms with Crippen molar-refractivity contribution in [3.8, 4) is 0 Å². The van der Waals surface area contributed by atoms with Gasteiger partial charge in [0.25, 0.3) is 5.24 Å². The van der Waals surface area contributed by atoms with Gasteiger partial charge < -0.3 is 5.32 Å². The predicted molar refractivity (Wildman–Crippen MR) is 86.0 cm³/mol. The minimum Gasteiger partial charge on any atom is -0.324 e. The van der Waals surface area contributed by atoms with Crippen LogP contribution in [0.5, 0.6) is 0 Å². The van der Waals surface area contributed by atoms with Crippen molar-refractivity contribution in [2.24, 2.45) is 0 Å². The van der Waals surface area contributed by atoms with E-state index in [1.54, 1.807) is 30.5 Å². The first kappa shape index (κ1) is 16.9. The van der Waals surface area contributed by atoms with Crippen molar-refractivity contribution in [1.82, 2.24) is 9.97 Å². The molecule has 0 amide bonds. The van der Waals surface area contributed by atoms with Gasteiger partial charge in [-0.1, -0.05) is 25.4 Å². The molecule has 1 heterocycles. The van der Waals surface area contributed by atoms with Gasteiger partial charge >= 0.3 is 0 Å². The van der Waals surface area contributed by atoms with Crippen LogP contribution >= 0.6 is 39.1 Å². The van der Waals surface area contributed by atoms with Crippen molar-refractivity contribution in [3.05, 3.63) is 45.7 Å². The molecule has 0 aliphatic heterocycles. The number of rotatable bonds is 3. The lowest BCUT2D eigenvalue weighted by atomic mass is 10.2. The van der Waals surface area contributed by atoms with E-state index in [2.05, 4.69) is 31.2 Å². The maximum Gasteiger partial charge on any atom is 0.252 e. The fourth-order valence-corrected chi connectivity index (χ4v) is 1.67. The SMILES string of the molecule is CC.O=C(Cl)c1ccc(Nc2ncc(Br)c(Cl)n2)cc1. The Kier molecular flexibility index (Phi) is 6.91. The number of anilines is 2. The summed E-state index contributed by atoms with van der Waals surface area (Å²) < 4.78 is 0.623. The monoisotopic (exact) mass is 375 g/mol. The third kappa shape index (κ3) is 4.74. The first-order chi connectivity index (χ1) is 9.56. The third-order valence-corrected chi connectivity index (χ3v) is 3.38. The van der Waals surface area contributed by atoms with Crippen LogP contribution in [0.25, 0.3) is 0 Å². The molecule has 20 heavy (non-hydrogen) atoms. The maximum atomic E-state index is 10.9. The number of benzene rings is 1. The summed E-state index contributed by atoms with van der Waals surface area (Å²) in [5.41, 5.74) is 1.16. The Labute approximate surface area is 135 Å². The van der Waals surface area contributed by atoms with E-state index in [4.69, 9.17) is 23.2 Å². The molecule has 0 spiro atoms. The Hall–Kier alpha value is -1.17. The van der Waals surface area contributed by atoms with Crippen molar-refractivity contribution in [3.63, 3.8) is 0 Å². The molecular formula is C13H12BrCl2N3O. The van der Waals surface area contributed by atoms with E-state index in [9.17, 15) is 4.79 Å². The van der Waals surface area contributed by atoms with Crippen LogP contribution < -0.4 is 5.32 Å². The van der Waals surface area contributed by atoms with E-state index >= 15 is 0 Å². The molecular weight excluding hydrogens is 365 g/mol. The van der Waals surface area contributed by atoms with Gasteiger partial charge in [-0.05, 0) is 51.8 Å². The Bertz CT molecular complexity index is 591. The molecule has 2 rings (SSSR count). The molecule has 0 atom stereocenters. The molecule has 1 aromatic carbocycles. The van der Waals surface area contributed by atoms with Gasteiger partial charge in [0, 0.05) is 17.4 Å². The van der Waals surface area contributed by atoms with Crippen molar-refractivity contribution in [2.75, 3.05) is 5.32 Å². The summed E-state index contributed by atoms with van der Waals surface area (Å²) in [6, 6.07) is 6.63. The van der Waals surface area contributed by atoms with Gasteiger partial charge in [0.1, 0.15) is 5.15 Å². The molecule has 0 aliphatic rings. The fourth-order valence-electron chi connectivity index (χ4n) is 1.22. The van der Waals surface area contributed by atoms with E-state index in [-0.39, 0.29) is 0 Å². The molecule has 0 saturated heterocycles. The van der Waals surface area contributed by atoms with Crippen LogP contribution in [0.4, 0.5) is 11.6 Å². The summed E-state index contributed by atoms with van der Waals surface area (Å²) in [5.74, 6) is 0.369. The third-order valence-electron chi connectivity index (χ3n) is 2.07. The Morgan fingerprint density at radius 1 is 1.25 bits per heavy atom. The van der Waals surface area contributed by atoms with Crippen LogP contribution in [0, 0.1) is 0 Å². The number of carbonyl (C=O) groups excluding carboxylic acids is 1. The van der Waals surface area contributed by atoms with E-state index in [1.807, 2.05) is 13.8 Å². The van der Waals surface area contributed by atoms with Gasteiger partial charge in [0.15, 0.2) is 0 Å². The molecule has 4 nitrogen and oxygen atoms in total. The summed E-state index contributed by atoms with van der Waals surface area (Å²) >= 11 is 14.4. The van der Waals surface area contributed by atoms with Crippen LogP contribution in [-0.2, 0) is 0 Å². The van der Waals surface area contributed by atoms with Crippen LogP contribution in [-0.4, -0.2) is 15.2 Å². The Morgan fingerprint density at radius 2 is 1.85 bits per heavy atom. The van der Waals surface area contributed by atoms with Crippen LogP contribution in [0.1, 0.15) is 24.2 Å². The molecule has 0 aliphatic carbocycles. The molecule has 0 fully saturated rings. The van der Waals surface area contributed by atoms with Gasteiger partial charge in [0.2, 0.25) is 5.95 Å². The molecule has 0 unspecified atom stereocenters. The Morgan fingerprint density at radius 3 is 2.35 bits per heavy atom. The quantitative estimate of drug-likeness (QED) is 0.602. The number of hydrogen-bond donors (Lipinski definition) is 1. The lowest BCUT2D eigenvalue weighted by Crippen LogP contribution is -1.97. The second-order valence-electron chi connectivity index (χ2n) is 3.31. The van der Waals surface area contributed by atoms with Gasteiger partial charge in [-0.25, -0.2) is 4.98 Å². The largest absolute Gasteiger partial charge is 0.324 e. The number of aromatic nitrogens is 2. The lowest BCUT2D eigenvalue weighted by molar-refractivity contribution is 0.108. The molecule has 7 heteroatoms. The zero-order chi connectivity index (χ0) is 15.1. The van der Waals surface area contributed by atoms with Crippen LogP contribution in [0.15, 0.2) is 34.9 Å². The van der Waals surface area contributed by atoms with Crippen LogP contribution in [0.3, 0.4) is 0 Å². The highest BCUT2D eigenvalue weighted by Crippen LogP contribution is 2.21. The molecule has 1 aromatic heterocycles. The molecule has 0 radical (unpaired) electrons. The number of hydrogen-bond acceptors (Lipinski definition) is 4. The summed E-state index contributed by atoms with van der Waals surface area (Å²) in [5, 5.41) is 2.78. The van der Waals surface area contributed by atoms with Gasteiger partial charge in [-0.3, -0.25) is 4.79 Å². The molecule has 1 N–H and O–H groups in total. The number of carbonyl (C=O) groups is 1. The highest BCUT2D eigenvalue weighted by Gasteiger charge is 2.04. The van der Waals surface area contributed by atoms with Crippen LogP contribution in [0.2, 0.25) is 5.15 Å². The summed E-state index contributed by atoms with van der Waals surface area (Å²) in [4.78, 5) is 19.0. The van der Waals surface area contributed by atoms with Crippen molar-refractivity contribution in [2.45, 2.75) is 13.8 Å². The number of nitrogens with zero attached hydrogens (tertiary/aromatic N) is 2. The fraction of sp³-hybridized carbons (Fsp3) is 0.154. The van der Waals surface area contributed by atoms with E-state index in [0.29, 0.717) is 21.1 Å². The van der Waals surface area contributed by atoms with Gasteiger partial charge in [0.05, 0.1) is 4.47 Å². The normalized spacial score (nSPS) is 9.45. The van der Waals surface area contributed by atoms with Crippen molar-refractivity contribution in [1.29, 1.82) is 0 Å². The molecule has 106 valence electrons. The number of halogens is 3. The zero-order valence-electron chi connectivity index (χ0n) is 10.8. The molecule has 0 bridgehead atoms. The minimum atomic E-state index is -0.496. The van der Waals surface area contributed by atoms with Gasteiger partial charge in [-0.15, -0.1) is 0 Å². The molecule has 0 saturated carbocycles. The maximum absolute atomic E-state index is 10.9. The first-order valence-electron chi connectivity index (χ1n) is 5.81. The van der Waals surface area contributed by atoms with E-state index in [0.717, 1.165) is 5.69 Å². The zero-order valence-corrected chi connectivity index (χ0v) is 13.9. The topological polar surface area (TPSA) is 54.9 Å². The highest BCUT2D eigenvalue weighted by atomic mass is 79.9. The van der Waals surface area contributed by atoms with Crippen molar-refractivity contribution < 1.29 is 4.79 Å². The summed E-state index contributed by atoms with van der Waals surface area (Å²) in [6.07, 6.45) is 1.55. The smallest absolute Gasteiger partial charge is 0.252 e. The first-order valence-corrected chi connectivity index (χ1v) is 7.36. The van der Waals surface area contributed by atoms with E-state index < -0.39 is 5.24 Å². The average Bonchev–Trinajstić information content (AvgIpc) is 2.46. The van der Waals surface area contributed by atoms with Gasteiger partial charge in [-0.2, -0.15) is 4.98 Å². The lowest BCUT2D eigenvalue weighted by Gasteiger charge is -2.05. The van der Waals surface area contributed by atoms with E-state index in [1.165, 1.54) is 0 Å². The minimum absolute atomic E-state index is 0.319. The average molecular weight is 377 g/mol. The highest BCUT2D eigenvalue weighted by molar-refractivity contribution is 9.10. The standard InChI is InChI=1S/C11H6BrCl2N3O.C2H6/c12-8-5-15-11(17-9(8)13)16-7-3-1-6(2-4-7)10(14)18;1-2/h1-5H,(H,15,16,17);1-2H3. The second-order valence-corrected chi connectivity index (χ2v) is 4.86.